The highest BCUT2D eigenvalue weighted by atomic mass is 32.2. The first kappa shape index (κ1) is 19.2. The summed E-state index contributed by atoms with van der Waals surface area (Å²) >= 11 is 1.22. The number of imidazole rings is 1. The molecular weight excluding hydrogens is 386 g/mol. The van der Waals surface area contributed by atoms with Gasteiger partial charge in [-0.15, -0.1) is 0 Å². The van der Waals surface area contributed by atoms with Crippen molar-refractivity contribution in [2.75, 3.05) is 12.9 Å². The summed E-state index contributed by atoms with van der Waals surface area (Å²) in [5.41, 5.74) is 3.79. The van der Waals surface area contributed by atoms with Crippen LogP contribution in [0.2, 0.25) is 0 Å². The lowest BCUT2D eigenvalue weighted by atomic mass is 10.2. The van der Waals surface area contributed by atoms with Gasteiger partial charge in [0.05, 0.1) is 35.0 Å². The highest BCUT2D eigenvalue weighted by Gasteiger charge is 2.19. The first-order chi connectivity index (χ1) is 13.5. The summed E-state index contributed by atoms with van der Waals surface area (Å²) in [6, 6.07) is 10.0. The number of carbonyl (C=O) groups is 1. The minimum atomic E-state index is -0.738. The molecule has 3 rings (SSSR count). The Balaban J connectivity index is 1.60. The van der Waals surface area contributed by atoms with Crippen LogP contribution in [-0.4, -0.2) is 45.0 Å². The molecule has 2 aromatic carbocycles. The van der Waals surface area contributed by atoms with Crippen molar-refractivity contribution in [3.05, 3.63) is 52.1 Å². The first-order valence-corrected chi connectivity index (χ1v) is 8.91. The molecule has 0 radical (unpaired) electrons. The summed E-state index contributed by atoms with van der Waals surface area (Å²) in [7, 11) is 1.27. The number of thioether (sulfide) groups is 1. The van der Waals surface area contributed by atoms with Crippen molar-refractivity contribution in [1.29, 1.82) is 0 Å². The zero-order chi connectivity index (χ0) is 20.1. The van der Waals surface area contributed by atoms with Gasteiger partial charge in [0, 0.05) is 11.6 Å². The third-order valence-corrected chi connectivity index (χ3v) is 4.48. The van der Waals surface area contributed by atoms with Crippen LogP contribution in [0, 0.1) is 10.1 Å². The molecule has 0 saturated carbocycles. The number of nitrogens with zero attached hydrogens (tertiary/aromatic N) is 3. The number of nitro groups is 1. The predicted molar refractivity (Wildman–Crippen MR) is 104 cm³/mol. The van der Waals surface area contributed by atoms with Crippen LogP contribution in [-0.2, 0) is 4.79 Å². The van der Waals surface area contributed by atoms with Gasteiger partial charge in [-0.3, -0.25) is 14.9 Å². The van der Waals surface area contributed by atoms with Crippen molar-refractivity contribution >= 4 is 40.6 Å². The number of aromatic hydroxyl groups is 1. The number of aromatic nitrogens is 2. The molecule has 0 bridgehead atoms. The van der Waals surface area contributed by atoms with Crippen LogP contribution >= 0.6 is 11.8 Å². The summed E-state index contributed by atoms with van der Waals surface area (Å²) in [4.78, 5) is 29.6. The third kappa shape index (κ3) is 4.38. The second kappa shape index (κ2) is 8.39. The molecule has 1 amide bonds. The highest BCUT2D eigenvalue weighted by molar-refractivity contribution is 7.99. The molecule has 11 heteroatoms. The zero-order valence-electron chi connectivity index (χ0n) is 14.6. The SMILES string of the molecule is COc1cc(/C=N/NC(=O)CSc2nc3ccccc3[nH]2)cc([N+](=O)[O-])c1O. The Morgan fingerprint density at radius 3 is 2.96 bits per heavy atom. The van der Waals surface area contributed by atoms with Crippen molar-refractivity contribution < 1.29 is 19.6 Å². The van der Waals surface area contributed by atoms with Gasteiger partial charge in [0.25, 0.3) is 5.91 Å². The first-order valence-electron chi connectivity index (χ1n) is 7.92. The Morgan fingerprint density at radius 1 is 1.46 bits per heavy atom. The number of carbonyl (C=O) groups excluding carboxylic acids is 1. The van der Waals surface area contributed by atoms with Crippen molar-refractivity contribution in [1.82, 2.24) is 15.4 Å². The van der Waals surface area contributed by atoms with E-state index in [1.54, 1.807) is 0 Å². The Hall–Kier alpha value is -3.60. The van der Waals surface area contributed by atoms with Gasteiger partial charge >= 0.3 is 5.69 Å². The van der Waals surface area contributed by atoms with Gasteiger partial charge in [-0.1, -0.05) is 23.9 Å². The van der Waals surface area contributed by atoms with Crippen LogP contribution in [0.3, 0.4) is 0 Å². The lowest BCUT2D eigenvalue weighted by Gasteiger charge is -2.05. The van der Waals surface area contributed by atoms with E-state index in [-0.39, 0.29) is 23.0 Å². The predicted octanol–water partition coefficient (Wildman–Crippen LogP) is 2.43. The maximum absolute atomic E-state index is 11.9. The average molecular weight is 401 g/mol. The number of methoxy groups -OCH3 is 1. The minimum absolute atomic E-state index is 0.0672. The van der Waals surface area contributed by atoms with Crippen LogP contribution in [0.1, 0.15) is 5.56 Å². The fraction of sp³-hybridized carbons (Fsp3) is 0.118. The second-order valence-electron chi connectivity index (χ2n) is 5.49. The van der Waals surface area contributed by atoms with E-state index in [1.165, 1.54) is 31.2 Å². The van der Waals surface area contributed by atoms with E-state index >= 15 is 0 Å². The normalized spacial score (nSPS) is 11.0. The van der Waals surface area contributed by atoms with Gasteiger partial charge in [0.15, 0.2) is 10.9 Å². The zero-order valence-corrected chi connectivity index (χ0v) is 15.4. The van der Waals surface area contributed by atoms with Gasteiger partial charge in [0.2, 0.25) is 5.75 Å². The molecule has 10 nitrogen and oxygen atoms in total. The van der Waals surface area contributed by atoms with Crippen LogP contribution in [0.4, 0.5) is 5.69 Å². The van der Waals surface area contributed by atoms with E-state index in [1.807, 2.05) is 24.3 Å². The number of benzene rings is 2. The Morgan fingerprint density at radius 2 is 2.25 bits per heavy atom. The van der Waals surface area contributed by atoms with Gasteiger partial charge < -0.3 is 14.8 Å². The van der Waals surface area contributed by atoms with E-state index in [0.29, 0.717) is 5.16 Å². The highest BCUT2D eigenvalue weighted by Crippen LogP contribution is 2.36. The van der Waals surface area contributed by atoms with E-state index in [2.05, 4.69) is 20.5 Å². The molecule has 3 aromatic rings. The van der Waals surface area contributed by atoms with E-state index < -0.39 is 16.4 Å². The number of rotatable bonds is 7. The van der Waals surface area contributed by atoms with Crippen LogP contribution in [0.25, 0.3) is 11.0 Å². The number of fused-ring (bicyclic) bond motifs is 1. The number of hydrogen-bond donors (Lipinski definition) is 3. The largest absolute Gasteiger partial charge is 0.500 e. The molecule has 1 aromatic heterocycles. The Bertz CT molecular complexity index is 1030. The minimum Gasteiger partial charge on any atom is -0.500 e. The number of phenolic OH excluding ortho intramolecular Hbond substituents is 1. The number of H-pyrrole nitrogens is 1. The molecule has 0 fully saturated rings. The second-order valence-corrected chi connectivity index (χ2v) is 6.45. The third-order valence-electron chi connectivity index (χ3n) is 3.60. The van der Waals surface area contributed by atoms with Crippen molar-refractivity contribution in [2.45, 2.75) is 5.16 Å². The fourth-order valence-corrected chi connectivity index (χ4v) is 3.00. The molecule has 28 heavy (non-hydrogen) atoms. The van der Waals surface area contributed by atoms with Crippen LogP contribution in [0.5, 0.6) is 11.5 Å². The molecule has 0 aliphatic heterocycles. The number of hydrazone groups is 1. The molecule has 0 spiro atoms. The summed E-state index contributed by atoms with van der Waals surface area (Å²) < 4.78 is 4.90. The van der Waals surface area contributed by atoms with Gasteiger partial charge in [0.1, 0.15) is 0 Å². The van der Waals surface area contributed by atoms with E-state index in [0.717, 1.165) is 17.1 Å². The molecular formula is C17H15N5O5S. The number of hydrogen-bond acceptors (Lipinski definition) is 8. The van der Waals surface area contributed by atoms with Crippen molar-refractivity contribution in [3.63, 3.8) is 0 Å². The van der Waals surface area contributed by atoms with Crippen molar-refractivity contribution in [3.8, 4) is 11.5 Å². The lowest BCUT2D eigenvalue weighted by Crippen LogP contribution is -2.19. The summed E-state index contributed by atoms with van der Waals surface area (Å²) in [5.74, 6) is -0.934. The quantitative estimate of drug-likeness (QED) is 0.239. The molecule has 3 N–H and O–H groups in total. The molecule has 0 unspecified atom stereocenters. The number of phenols is 1. The van der Waals surface area contributed by atoms with Crippen LogP contribution in [0.15, 0.2) is 46.7 Å². The molecule has 1 heterocycles. The molecule has 144 valence electrons. The number of amides is 1. The smallest absolute Gasteiger partial charge is 0.315 e. The summed E-state index contributed by atoms with van der Waals surface area (Å²) in [6.07, 6.45) is 1.22. The maximum atomic E-state index is 11.9. The van der Waals surface area contributed by atoms with Crippen molar-refractivity contribution in [2.24, 2.45) is 5.10 Å². The fourth-order valence-electron chi connectivity index (χ4n) is 2.33. The standard InChI is InChI=1S/C17H15N5O5S/c1-27-14-7-10(6-13(16(14)24)22(25)26)8-18-21-15(23)9-28-17-19-11-4-2-3-5-12(11)20-17/h2-8,24H,9H2,1H3,(H,19,20)(H,21,23)/b18-8+. The topological polar surface area (TPSA) is 143 Å². The Labute approximate surface area is 162 Å². The summed E-state index contributed by atoms with van der Waals surface area (Å²) in [5, 5.41) is 25.1. The monoisotopic (exact) mass is 401 g/mol. The number of para-hydroxylation sites is 2. The van der Waals surface area contributed by atoms with Gasteiger partial charge in [-0.25, -0.2) is 10.4 Å². The summed E-state index contributed by atoms with van der Waals surface area (Å²) in [6.45, 7) is 0. The Kier molecular flexibility index (Phi) is 5.75. The van der Waals surface area contributed by atoms with E-state index in [9.17, 15) is 20.0 Å². The molecule has 0 aliphatic rings. The number of nitrogens with one attached hydrogen (secondary N) is 2. The molecule has 0 atom stereocenters. The number of ether oxygens (including phenoxy) is 1. The molecule has 0 aliphatic carbocycles. The van der Waals surface area contributed by atoms with Gasteiger partial charge in [-0.05, 0) is 18.2 Å². The number of nitro benzene ring substituents is 1. The van der Waals surface area contributed by atoms with Gasteiger partial charge in [-0.2, -0.15) is 5.10 Å². The van der Waals surface area contributed by atoms with Crippen LogP contribution < -0.4 is 10.2 Å². The maximum Gasteiger partial charge on any atom is 0.315 e. The molecule has 0 saturated heterocycles. The average Bonchev–Trinajstić information content (AvgIpc) is 3.10. The van der Waals surface area contributed by atoms with E-state index in [4.69, 9.17) is 4.74 Å². The number of aromatic amines is 1. The lowest BCUT2D eigenvalue weighted by molar-refractivity contribution is -0.386.